The van der Waals surface area contributed by atoms with Crippen molar-refractivity contribution in [1.82, 2.24) is 0 Å². The Bertz CT molecular complexity index is 444. The largest absolute Gasteiger partial charge is 0.484 e. The van der Waals surface area contributed by atoms with Crippen LogP contribution >= 0.6 is 7.37 Å². The number of para-hydroxylation sites is 1. The van der Waals surface area contributed by atoms with Crippen molar-refractivity contribution < 1.29 is 14.2 Å². The molecule has 2 rings (SSSR count). The molecule has 5 heteroatoms. The summed E-state index contributed by atoms with van der Waals surface area (Å²) in [5.74, 6) is 1.28. The Kier molecular flexibility index (Phi) is 5.64. The zero-order valence-corrected chi connectivity index (χ0v) is 12.7. The van der Waals surface area contributed by atoms with Gasteiger partial charge in [0.1, 0.15) is 5.75 Å². The van der Waals surface area contributed by atoms with Crippen molar-refractivity contribution in [3.05, 3.63) is 30.3 Å². The molecule has 20 heavy (non-hydrogen) atoms. The first-order valence-electron chi connectivity index (χ1n) is 7.31. The second kappa shape index (κ2) is 7.26. The van der Waals surface area contributed by atoms with E-state index >= 15 is 0 Å². The second-order valence-corrected chi connectivity index (χ2v) is 8.09. The molecule has 0 bridgehead atoms. The predicted octanol–water partition coefficient (Wildman–Crippen LogP) is 3.20. The average molecular weight is 297 g/mol. The Hall–Kier alpha value is -0.830. The molecule has 1 atom stereocenters. The maximum Gasteiger partial charge on any atom is 0.239 e. The van der Waals surface area contributed by atoms with Crippen molar-refractivity contribution in [2.75, 3.05) is 12.9 Å². The molecule has 3 N–H and O–H groups in total. The fourth-order valence-corrected chi connectivity index (χ4v) is 4.51. The summed E-state index contributed by atoms with van der Waals surface area (Å²) in [6.07, 6.45) is 4.61. The third kappa shape index (κ3) is 4.34. The highest BCUT2D eigenvalue weighted by molar-refractivity contribution is 7.58. The van der Waals surface area contributed by atoms with Gasteiger partial charge in [-0.25, -0.2) is 0 Å². The monoisotopic (exact) mass is 297 g/mol. The van der Waals surface area contributed by atoms with E-state index in [1.807, 2.05) is 18.2 Å². The highest BCUT2D eigenvalue weighted by Gasteiger charge is 2.34. The van der Waals surface area contributed by atoms with E-state index in [0.29, 0.717) is 18.2 Å². The summed E-state index contributed by atoms with van der Waals surface area (Å²) in [7, 11) is -3.23. The van der Waals surface area contributed by atoms with E-state index in [0.717, 1.165) is 32.1 Å². The number of hydrogen-bond acceptors (Lipinski definition) is 3. The van der Waals surface area contributed by atoms with Crippen molar-refractivity contribution in [3.8, 4) is 5.75 Å². The third-order valence-corrected chi connectivity index (χ3v) is 6.28. The van der Waals surface area contributed by atoms with Gasteiger partial charge in [-0.1, -0.05) is 18.2 Å². The number of rotatable bonds is 6. The Morgan fingerprint density at radius 1 is 1.20 bits per heavy atom. The van der Waals surface area contributed by atoms with Crippen LogP contribution in [0.25, 0.3) is 0 Å². The van der Waals surface area contributed by atoms with E-state index in [-0.39, 0.29) is 12.0 Å². The van der Waals surface area contributed by atoms with Crippen molar-refractivity contribution in [1.29, 1.82) is 0 Å². The summed E-state index contributed by atoms with van der Waals surface area (Å²) in [4.78, 5) is 10.2. The standard InChI is InChI=1S/C15H24NO3P/c16-11-10-13-6-8-15(9-7-13)20(17,18)12-19-14-4-2-1-3-5-14/h1-5,13,15H,6-12,16H2,(H,17,18). The summed E-state index contributed by atoms with van der Waals surface area (Å²) < 4.78 is 17.9. The van der Waals surface area contributed by atoms with Crippen LogP contribution in [0.1, 0.15) is 32.1 Å². The van der Waals surface area contributed by atoms with Crippen LogP contribution in [0, 0.1) is 5.92 Å². The van der Waals surface area contributed by atoms with Crippen molar-refractivity contribution in [3.63, 3.8) is 0 Å². The van der Waals surface area contributed by atoms with Gasteiger partial charge >= 0.3 is 0 Å². The predicted molar refractivity (Wildman–Crippen MR) is 81.2 cm³/mol. The summed E-state index contributed by atoms with van der Waals surface area (Å²) in [5, 5.41) is 0. The molecule has 0 saturated heterocycles. The highest BCUT2D eigenvalue weighted by Crippen LogP contribution is 2.52. The van der Waals surface area contributed by atoms with Gasteiger partial charge in [-0.05, 0) is 56.7 Å². The molecule has 0 heterocycles. The molecule has 4 nitrogen and oxygen atoms in total. The zero-order valence-electron chi connectivity index (χ0n) is 11.8. The Morgan fingerprint density at radius 2 is 1.85 bits per heavy atom. The van der Waals surface area contributed by atoms with Gasteiger partial charge in [0, 0.05) is 5.66 Å². The number of hydrogen-bond donors (Lipinski definition) is 2. The van der Waals surface area contributed by atoms with Crippen LogP contribution in [0.4, 0.5) is 0 Å². The second-order valence-electron chi connectivity index (χ2n) is 5.59. The molecule has 1 aromatic carbocycles. The minimum absolute atomic E-state index is 0.0801. The SMILES string of the molecule is NCCC1CCC(P(=O)(O)COc2ccccc2)CC1. The van der Waals surface area contributed by atoms with Crippen LogP contribution in [0.2, 0.25) is 0 Å². The molecule has 1 aromatic rings. The lowest BCUT2D eigenvalue weighted by Gasteiger charge is -2.31. The molecule has 0 spiro atoms. The van der Waals surface area contributed by atoms with Crippen molar-refractivity contribution >= 4 is 7.37 Å². The van der Waals surface area contributed by atoms with Crippen LogP contribution in [0.5, 0.6) is 5.75 Å². The van der Waals surface area contributed by atoms with E-state index in [9.17, 15) is 9.46 Å². The molecule has 1 fully saturated rings. The van der Waals surface area contributed by atoms with E-state index < -0.39 is 7.37 Å². The molecular formula is C15H24NO3P. The van der Waals surface area contributed by atoms with Gasteiger partial charge in [-0.15, -0.1) is 0 Å². The topological polar surface area (TPSA) is 72.6 Å². The maximum atomic E-state index is 12.4. The van der Waals surface area contributed by atoms with Gasteiger partial charge in [0.05, 0.1) is 0 Å². The fraction of sp³-hybridized carbons (Fsp3) is 0.600. The van der Waals surface area contributed by atoms with Crippen LogP contribution in [0.15, 0.2) is 30.3 Å². The molecule has 112 valence electrons. The number of ether oxygens (including phenoxy) is 1. The molecule has 0 radical (unpaired) electrons. The van der Waals surface area contributed by atoms with E-state index in [2.05, 4.69) is 0 Å². The summed E-state index contributed by atoms with van der Waals surface area (Å²) in [6.45, 7) is 0.712. The Balaban J connectivity index is 1.83. The molecule has 1 saturated carbocycles. The first-order valence-corrected chi connectivity index (χ1v) is 9.22. The van der Waals surface area contributed by atoms with Crippen molar-refractivity contribution in [2.45, 2.75) is 37.8 Å². The minimum Gasteiger partial charge on any atom is -0.484 e. The Labute approximate surface area is 120 Å². The van der Waals surface area contributed by atoms with Gasteiger partial charge in [0.2, 0.25) is 7.37 Å². The first-order chi connectivity index (χ1) is 9.62. The van der Waals surface area contributed by atoms with E-state index in [4.69, 9.17) is 10.5 Å². The van der Waals surface area contributed by atoms with Crippen molar-refractivity contribution in [2.24, 2.45) is 11.7 Å². The van der Waals surface area contributed by atoms with Crippen LogP contribution in [-0.4, -0.2) is 23.4 Å². The van der Waals surface area contributed by atoms with Gasteiger partial charge in [0.25, 0.3) is 0 Å². The number of nitrogens with two attached hydrogens (primary N) is 1. The molecule has 1 unspecified atom stereocenters. The molecule has 1 aliphatic carbocycles. The summed E-state index contributed by atoms with van der Waals surface area (Å²) >= 11 is 0. The summed E-state index contributed by atoms with van der Waals surface area (Å²) in [5.41, 5.74) is 5.46. The van der Waals surface area contributed by atoms with Gasteiger partial charge < -0.3 is 15.4 Å². The lowest BCUT2D eigenvalue weighted by atomic mass is 9.87. The van der Waals surface area contributed by atoms with Crippen LogP contribution in [-0.2, 0) is 4.57 Å². The maximum absolute atomic E-state index is 12.4. The van der Waals surface area contributed by atoms with Crippen LogP contribution < -0.4 is 10.5 Å². The quantitative estimate of drug-likeness (QED) is 0.791. The fourth-order valence-electron chi connectivity index (χ4n) is 2.86. The Morgan fingerprint density at radius 3 is 2.45 bits per heavy atom. The van der Waals surface area contributed by atoms with E-state index in [1.165, 1.54) is 0 Å². The minimum atomic E-state index is -3.23. The van der Waals surface area contributed by atoms with Gasteiger partial charge in [-0.3, -0.25) is 4.57 Å². The highest BCUT2D eigenvalue weighted by atomic mass is 31.2. The molecule has 1 aliphatic rings. The molecule has 0 aromatic heterocycles. The van der Waals surface area contributed by atoms with Gasteiger partial charge in [-0.2, -0.15) is 0 Å². The first kappa shape index (κ1) is 15.6. The zero-order chi connectivity index (χ0) is 14.4. The lowest BCUT2D eigenvalue weighted by Crippen LogP contribution is -2.22. The molecular weight excluding hydrogens is 273 g/mol. The summed E-state index contributed by atoms with van der Waals surface area (Å²) in [6, 6.07) is 9.21. The lowest BCUT2D eigenvalue weighted by molar-refractivity contribution is 0.307. The molecule has 0 aliphatic heterocycles. The van der Waals surface area contributed by atoms with Crippen LogP contribution in [0.3, 0.4) is 0 Å². The third-order valence-electron chi connectivity index (χ3n) is 4.12. The normalized spacial score (nSPS) is 25.9. The van der Waals surface area contributed by atoms with Gasteiger partial charge in [0.15, 0.2) is 6.35 Å². The smallest absolute Gasteiger partial charge is 0.239 e. The average Bonchev–Trinajstić information content (AvgIpc) is 2.47. The van der Waals surface area contributed by atoms with E-state index in [1.54, 1.807) is 12.1 Å². The molecule has 0 amide bonds. The number of benzene rings is 1.